The van der Waals surface area contributed by atoms with Crippen molar-refractivity contribution in [2.75, 3.05) is 20.2 Å². The average molecular weight is 366 g/mol. The summed E-state index contributed by atoms with van der Waals surface area (Å²) < 4.78 is 5.17. The van der Waals surface area contributed by atoms with Crippen LogP contribution >= 0.6 is 11.6 Å². The molecule has 2 rings (SSSR count). The standard InChI is InChI=1S/C18H24ClN3O3/c1-4-14-16(17(23)25-5-2)15(21-18(24)20-14)11-22(3)10-12-7-6-8-13(19)9-12/h6-9,14H,4-5,10-11H2,1-3H3,(H2,20,21,24)/t14-/m1/s1. The summed E-state index contributed by atoms with van der Waals surface area (Å²) in [6.45, 7) is 5.03. The van der Waals surface area contributed by atoms with Crippen LogP contribution in [0.5, 0.6) is 0 Å². The lowest BCUT2D eigenvalue weighted by Gasteiger charge is -2.30. The first-order valence-corrected chi connectivity index (χ1v) is 8.73. The number of amides is 2. The Morgan fingerprint density at radius 2 is 2.08 bits per heavy atom. The summed E-state index contributed by atoms with van der Waals surface area (Å²) in [4.78, 5) is 26.3. The van der Waals surface area contributed by atoms with Crippen LogP contribution in [0.3, 0.4) is 0 Å². The molecule has 0 aliphatic carbocycles. The zero-order valence-electron chi connectivity index (χ0n) is 14.8. The van der Waals surface area contributed by atoms with Gasteiger partial charge in [-0.3, -0.25) is 4.90 Å². The predicted molar refractivity (Wildman–Crippen MR) is 97.2 cm³/mol. The summed E-state index contributed by atoms with van der Waals surface area (Å²) in [5.74, 6) is -0.395. The lowest BCUT2D eigenvalue weighted by atomic mass is 10.00. The number of rotatable bonds is 7. The maximum absolute atomic E-state index is 12.4. The third-order valence-corrected chi connectivity index (χ3v) is 4.15. The SMILES string of the molecule is CCOC(=O)C1=C(CN(C)Cc2cccc(Cl)c2)NC(=O)N[C@@H]1CC. The van der Waals surface area contributed by atoms with E-state index in [4.69, 9.17) is 16.3 Å². The van der Waals surface area contributed by atoms with Gasteiger partial charge in [-0.25, -0.2) is 9.59 Å². The van der Waals surface area contributed by atoms with Gasteiger partial charge in [0.15, 0.2) is 0 Å². The molecule has 1 aliphatic heterocycles. The van der Waals surface area contributed by atoms with Crippen LogP contribution in [0, 0.1) is 0 Å². The van der Waals surface area contributed by atoms with E-state index in [2.05, 4.69) is 10.6 Å². The average Bonchev–Trinajstić information content (AvgIpc) is 2.54. The molecule has 1 aliphatic rings. The Morgan fingerprint density at radius 3 is 2.72 bits per heavy atom. The monoisotopic (exact) mass is 365 g/mol. The van der Waals surface area contributed by atoms with Crippen molar-refractivity contribution < 1.29 is 14.3 Å². The molecular weight excluding hydrogens is 342 g/mol. The molecule has 2 amide bonds. The van der Waals surface area contributed by atoms with Crippen LogP contribution in [0.2, 0.25) is 5.02 Å². The van der Waals surface area contributed by atoms with Gasteiger partial charge in [0.25, 0.3) is 0 Å². The fourth-order valence-electron chi connectivity index (χ4n) is 2.86. The van der Waals surface area contributed by atoms with E-state index in [9.17, 15) is 9.59 Å². The minimum absolute atomic E-state index is 0.290. The largest absolute Gasteiger partial charge is 0.463 e. The van der Waals surface area contributed by atoms with Gasteiger partial charge in [0.2, 0.25) is 0 Å². The van der Waals surface area contributed by atoms with Gasteiger partial charge in [0.1, 0.15) is 0 Å². The van der Waals surface area contributed by atoms with E-state index in [0.29, 0.717) is 42.4 Å². The Kier molecular flexibility index (Phi) is 6.84. The highest BCUT2D eigenvalue weighted by Gasteiger charge is 2.31. The molecule has 0 spiro atoms. The first-order valence-electron chi connectivity index (χ1n) is 8.35. The number of hydrogen-bond acceptors (Lipinski definition) is 4. The smallest absolute Gasteiger partial charge is 0.337 e. The number of carbonyl (C=O) groups excluding carboxylic acids is 2. The molecule has 0 saturated carbocycles. The van der Waals surface area contributed by atoms with Crippen molar-refractivity contribution in [2.45, 2.75) is 32.9 Å². The summed E-state index contributed by atoms with van der Waals surface area (Å²) in [6, 6.07) is 6.96. The van der Waals surface area contributed by atoms with Crippen LogP contribution in [0.25, 0.3) is 0 Å². The Morgan fingerprint density at radius 1 is 1.32 bits per heavy atom. The summed E-state index contributed by atoms with van der Waals surface area (Å²) in [5, 5.41) is 6.21. The topological polar surface area (TPSA) is 70.7 Å². The third-order valence-electron chi connectivity index (χ3n) is 3.92. The lowest BCUT2D eigenvalue weighted by molar-refractivity contribution is -0.139. The van der Waals surface area contributed by atoms with Crippen LogP contribution in [-0.4, -0.2) is 43.1 Å². The number of benzene rings is 1. The Labute approximate surface area is 153 Å². The fraction of sp³-hybridized carbons (Fsp3) is 0.444. The molecule has 0 unspecified atom stereocenters. The van der Waals surface area contributed by atoms with Crippen molar-refractivity contribution in [3.63, 3.8) is 0 Å². The minimum atomic E-state index is -0.395. The second kappa shape index (κ2) is 8.87. The van der Waals surface area contributed by atoms with Crippen molar-refractivity contribution >= 4 is 23.6 Å². The Balaban J connectivity index is 2.21. The molecule has 1 atom stereocenters. The molecular formula is C18H24ClN3O3. The zero-order chi connectivity index (χ0) is 18.4. The number of ether oxygens (including phenoxy) is 1. The maximum atomic E-state index is 12.4. The first-order chi connectivity index (χ1) is 11.9. The van der Waals surface area contributed by atoms with E-state index in [-0.39, 0.29) is 12.1 Å². The highest BCUT2D eigenvalue weighted by Crippen LogP contribution is 2.19. The Bertz CT molecular complexity index is 675. The number of esters is 1. The molecule has 0 aromatic heterocycles. The molecule has 0 bridgehead atoms. The molecule has 25 heavy (non-hydrogen) atoms. The molecule has 0 radical (unpaired) electrons. The van der Waals surface area contributed by atoms with Crippen molar-refractivity contribution in [1.29, 1.82) is 0 Å². The first kappa shape index (κ1) is 19.3. The van der Waals surface area contributed by atoms with Gasteiger partial charge in [0.05, 0.1) is 18.2 Å². The highest BCUT2D eigenvalue weighted by atomic mass is 35.5. The second-order valence-corrected chi connectivity index (χ2v) is 6.41. The number of hydrogen-bond donors (Lipinski definition) is 2. The molecule has 7 heteroatoms. The van der Waals surface area contributed by atoms with E-state index >= 15 is 0 Å². The summed E-state index contributed by atoms with van der Waals surface area (Å²) >= 11 is 6.02. The number of halogens is 1. The minimum Gasteiger partial charge on any atom is -0.463 e. The van der Waals surface area contributed by atoms with Crippen LogP contribution in [-0.2, 0) is 16.1 Å². The van der Waals surface area contributed by atoms with Crippen LogP contribution in [0.15, 0.2) is 35.5 Å². The summed E-state index contributed by atoms with van der Waals surface area (Å²) in [6.07, 6.45) is 0.614. The highest BCUT2D eigenvalue weighted by molar-refractivity contribution is 6.30. The van der Waals surface area contributed by atoms with Crippen LogP contribution in [0.1, 0.15) is 25.8 Å². The number of nitrogens with one attached hydrogen (secondary N) is 2. The van der Waals surface area contributed by atoms with Crippen LogP contribution in [0.4, 0.5) is 4.79 Å². The van der Waals surface area contributed by atoms with Gasteiger partial charge in [-0.15, -0.1) is 0 Å². The van der Waals surface area contributed by atoms with E-state index < -0.39 is 5.97 Å². The van der Waals surface area contributed by atoms with E-state index in [1.54, 1.807) is 6.92 Å². The molecule has 1 aromatic rings. The number of nitrogens with zero attached hydrogens (tertiary/aromatic N) is 1. The van der Waals surface area contributed by atoms with Gasteiger partial charge >= 0.3 is 12.0 Å². The quantitative estimate of drug-likeness (QED) is 0.729. The number of likely N-dealkylation sites (N-methyl/N-ethyl adjacent to an activating group) is 1. The number of urea groups is 1. The summed E-state index contributed by atoms with van der Waals surface area (Å²) in [5.41, 5.74) is 2.13. The normalized spacial score (nSPS) is 17.3. The lowest BCUT2D eigenvalue weighted by Crippen LogP contribution is -2.51. The maximum Gasteiger partial charge on any atom is 0.337 e. The molecule has 2 N–H and O–H groups in total. The molecule has 6 nitrogen and oxygen atoms in total. The van der Waals surface area contributed by atoms with E-state index in [0.717, 1.165) is 5.56 Å². The number of carbonyl (C=O) groups is 2. The van der Waals surface area contributed by atoms with Crippen molar-refractivity contribution in [3.05, 3.63) is 46.1 Å². The van der Waals surface area contributed by atoms with Gasteiger partial charge in [0, 0.05) is 23.8 Å². The third kappa shape index (κ3) is 5.21. The Hall–Kier alpha value is -2.05. The van der Waals surface area contributed by atoms with Gasteiger partial charge in [-0.05, 0) is 38.1 Å². The van der Waals surface area contributed by atoms with E-state index in [1.807, 2.05) is 43.1 Å². The zero-order valence-corrected chi connectivity index (χ0v) is 15.5. The summed E-state index contributed by atoms with van der Waals surface area (Å²) in [7, 11) is 1.92. The van der Waals surface area contributed by atoms with Crippen molar-refractivity contribution in [2.24, 2.45) is 0 Å². The van der Waals surface area contributed by atoms with Crippen molar-refractivity contribution in [1.82, 2.24) is 15.5 Å². The molecule has 136 valence electrons. The predicted octanol–water partition coefficient (Wildman–Crippen LogP) is 2.68. The van der Waals surface area contributed by atoms with Crippen molar-refractivity contribution in [3.8, 4) is 0 Å². The van der Waals surface area contributed by atoms with Gasteiger partial charge < -0.3 is 15.4 Å². The molecule has 1 aromatic carbocycles. The molecule has 1 heterocycles. The second-order valence-electron chi connectivity index (χ2n) is 5.97. The molecule has 0 saturated heterocycles. The molecule has 0 fully saturated rings. The van der Waals surface area contributed by atoms with Crippen LogP contribution < -0.4 is 10.6 Å². The van der Waals surface area contributed by atoms with Gasteiger partial charge in [-0.1, -0.05) is 30.7 Å². The fourth-order valence-corrected chi connectivity index (χ4v) is 3.07. The van der Waals surface area contributed by atoms with E-state index in [1.165, 1.54) is 0 Å². The van der Waals surface area contributed by atoms with Gasteiger partial charge in [-0.2, -0.15) is 0 Å².